The second-order valence-corrected chi connectivity index (χ2v) is 5.10. The van der Waals surface area contributed by atoms with E-state index in [-0.39, 0.29) is 12.3 Å². The summed E-state index contributed by atoms with van der Waals surface area (Å²) in [6.07, 6.45) is 0.237. The molecule has 0 spiro atoms. The summed E-state index contributed by atoms with van der Waals surface area (Å²) < 4.78 is 26.3. The van der Waals surface area contributed by atoms with Gasteiger partial charge in [-0.25, -0.2) is 8.78 Å². The van der Waals surface area contributed by atoms with E-state index in [1.165, 1.54) is 48.5 Å². The lowest BCUT2D eigenvalue weighted by Gasteiger charge is -2.31. The standard InChI is InChI=1S/C16H14ClF2NO/c17-10-9-16(15(20)21,11-1-5-13(18)6-2-11)12-3-7-14(19)8-4-12/h1-8H,9-10H2,(H2,20,21). The van der Waals surface area contributed by atoms with Crippen LogP contribution in [-0.2, 0) is 10.2 Å². The minimum atomic E-state index is -1.21. The van der Waals surface area contributed by atoms with Crippen molar-refractivity contribution >= 4 is 17.5 Å². The zero-order chi connectivity index (χ0) is 15.5. The summed E-state index contributed by atoms with van der Waals surface area (Å²) in [5.41, 5.74) is 5.47. The molecule has 0 fully saturated rings. The fraction of sp³-hybridized carbons (Fsp3) is 0.188. The minimum absolute atomic E-state index is 0.178. The predicted molar refractivity (Wildman–Crippen MR) is 78.1 cm³/mol. The van der Waals surface area contributed by atoms with Gasteiger partial charge in [0.15, 0.2) is 0 Å². The Morgan fingerprint density at radius 2 is 1.33 bits per heavy atom. The summed E-state index contributed by atoms with van der Waals surface area (Å²) in [5.74, 6) is -1.26. The van der Waals surface area contributed by atoms with Gasteiger partial charge in [0.05, 0.1) is 5.41 Å². The average molecular weight is 310 g/mol. The maximum atomic E-state index is 13.1. The number of hydrogen-bond donors (Lipinski definition) is 1. The normalized spacial score (nSPS) is 11.4. The van der Waals surface area contributed by atoms with Gasteiger partial charge in [-0.3, -0.25) is 4.79 Å². The number of hydrogen-bond acceptors (Lipinski definition) is 1. The van der Waals surface area contributed by atoms with E-state index in [1.807, 2.05) is 0 Å². The molecule has 2 nitrogen and oxygen atoms in total. The molecule has 2 aromatic carbocycles. The quantitative estimate of drug-likeness (QED) is 0.846. The first kappa shape index (κ1) is 15.4. The minimum Gasteiger partial charge on any atom is -0.369 e. The van der Waals surface area contributed by atoms with Gasteiger partial charge in [0.2, 0.25) is 5.91 Å². The van der Waals surface area contributed by atoms with Gasteiger partial charge in [-0.1, -0.05) is 24.3 Å². The monoisotopic (exact) mass is 309 g/mol. The lowest BCUT2D eigenvalue weighted by atomic mass is 9.72. The van der Waals surface area contributed by atoms with Gasteiger partial charge in [-0.2, -0.15) is 0 Å². The first-order chi connectivity index (χ1) is 10.0. The molecule has 0 bridgehead atoms. The number of carbonyl (C=O) groups is 1. The Bertz CT molecular complexity index is 580. The van der Waals surface area contributed by atoms with Gasteiger partial charge < -0.3 is 5.73 Å². The zero-order valence-corrected chi connectivity index (χ0v) is 11.9. The van der Waals surface area contributed by atoms with Crippen molar-refractivity contribution in [1.82, 2.24) is 0 Å². The smallest absolute Gasteiger partial charge is 0.232 e. The molecule has 2 aromatic rings. The number of halogens is 3. The summed E-state index contributed by atoms with van der Waals surface area (Å²) in [6.45, 7) is 0. The topological polar surface area (TPSA) is 43.1 Å². The van der Waals surface area contributed by atoms with Gasteiger partial charge in [0.25, 0.3) is 0 Å². The van der Waals surface area contributed by atoms with Crippen molar-refractivity contribution in [3.8, 4) is 0 Å². The Morgan fingerprint density at radius 1 is 0.952 bits per heavy atom. The fourth-order valence-electron chi connectivity index (χ4n) is 2.47. The zero-order valence-electron chi connectivity index (χ0n) is 11.2. The molecule has 1 amide bonds. The van der Waals surface area contributed by atoms with Crippen LogP contribution in [0.2, 0.25) is 0 Å². The van der Waals surface area contributed by atoms with Crippen molar-refractivity contribution < 1.29 is 13.6 Å². The average Bonchev–Trinajstić information content (AvgIpc) is 2.46. The number of alkyl halides is 1. The van der Waals surface area contributed by atoms with E-state index in [2.05, 4.69) is 0 Å². The summed E-state index contributed by atoms with van der Waals surface area (Å²) in [5, 5.41) is 0. The van der Waals surface area contributed by atoms with E-state index in [9.17, 15) is 13.6 Å². The van der Waals surface area contributed by atoms with Crippen molar-refractivity contribution in [1.29, 1.82) is 0 Å². The van der Waals surface area contributed by atoms with Gasteiger partial charge >= 0.3 is 0 Å². The van der Waals surface area contributed by atoms with Crippen LogP contribution in [0.15, 0.2) is 48.5 Å². The lowest BCUT2D eigenvalue weighted by Crippen LogP contribution is -2.42. The Kier molecular flexibility index (Phi) is 4.58. The Hall–Kier alpha value is -1.94. The number of amides is 1. The van der Waals surface area contributed by atoms with E-state index in [0.29, 0.717) is 11.1 Å². The number of rotatable bonds is 5. The van der Waals surface area contributed by atoms with Gasteiger partial charge in [0.1, 0.15) is 11.6 Å². The van der Waals surface area contributed by atoms with Crippen LogP contribution in [-0.4, -0.2) is 11.8 Å². The molecule has 0 aliphatic rings. The third kappa shape index (κ3) is 2.90. The third-order valence-electron chi connectivity index (χ3n) is 3.56. The second-order valence-electron chi connectivity index (χ2n) is 4.72. The highest BCUT2D eigenvalue weighted by Gasteiger charge is 2.39. The van der Waals surface area contributed by atoms with E-state index in [1.54, 1.807) is 0 Å². The van der Waals surface area contributed by atoms with Crippen LogP contribution in [0, 0.1) is 11.6 Å². The molecule has 0 aromatic heterocycles. The largest absolute Gasteiger partial charge is 0.369 e. The van der Waals surface area contributed by atoms with Crippen molar-refractivity contribution in [3.05, 3.63) is 71.3 Å². The van der Waals surface area contributed by atoms with E-state index < -0.39 is 23.0 Å². The predicted octanol–water partition coefficient (Wildman–Crippen LogP) is 3.37. The first-order valence-corrected chi connectivity index (χ1v) is 6.92. The molecule has 0 radical (unpaired) electrons. The highest BCUT2D eigenvalue weighted by molar-refractivity contribution is 6.18. The Labute approximate surface area is 126 Å². The third-order valence-corrected chi connectivity index (χ3v) is 3.75. The van der Waals surface area contributed by atoms with Gasteiger partial charge in [-0.05, 0) is 41.8 Å². The van der Waals surface area contributed by atoms with Crippen LogP contribution in [0.1, 0.15) is 17.5 Å². The number of carbonyl (C=O) groups excluding carboxylic acids is 1. The molecule has 0 atom stereocenters. The molecule has 0 unspecified atom stereocenters. The van der Waals surface area contributed by atoms with Crippen molar-refractivity contribution in [2.75, 3.05) is 5.88 Å². The highest BCUT2D eigenvalue weighted by Crippen LogP contribution is 2.36. The summed E-state index contributed by atoms with van der Waals surface area (Å²) in [4.78, 5) is 12.2. The molecule has 110 valence electrons. The lowest BCUT2D eigenvalue weighted by molar-refractivity contribution is -0.122. The fourth-order valence-corrected chi connectivity index (χ4v) is 2.76. The molecular formula is C16H14ClF2NO. The molecule has 0 aliphatic heterocycles. The van der Waals surface area contributed by atoms with E-state index >= 15 is 0 Å². The molecule has 2 N–H and O–H groups in total. The maximum Gasteiger partial charge on any atom is 0.232 e. The van der Waals surface area contributed by atoms with Crippen LogP contribution in [0.25, 0.3) is 0 Å². The molecule has 0 saturated carbocycles. The second kappa shape index (κ2) is 6.22. The van der Waals surface area contributed by atoms with Crippen molar-refractivity contribution in [2.24, 2.45) is 5.73 Å². The SMILES string of the molecule is NC(=O)C(CCCl)(c1ccc(F)cc1)c1ccc(F)cc1. The van der Waals surface area contributed by atoms with Crippen LogP contribution < -0.4 is 5.73 Å². The van der Waals surface area contributed by atoms with E-state index in [0.717, 1.165) is 0 Å². The maximum absolute atomic E-state index is 13.1. The van der Waals surface area contributed by atoms with Crippen LogP contribution in [0.4, 0.5) is 8.78 Å². The molecule has 0 aliphatic carbocycles. The molecule has 0 saturated heterocycles. The molecular weight excluding hydrogens is 296 g/mol. The van der Waals surface area contributed by atoms with Crippen LogP contribution in [0.5, 0.6) is 0 Å². The van der Waals surface area contributed by atoms with Crippen LogP contribution >= 0.6 is 11.6 Å². The summed E-state index contributed by atoms with van der Waals surface area (Å²) >= 11 is 5.84. The van der Waals surface area contributed by atoms with Crippen molar-refractivity contribution in [3.63, 3.8) is 0 Å². The van der Waals surface area contributed by atoms with Crippen molar-refractivity contribution in [2.45, 2.75) is 11.8 Å². The first-order valence-electron chi connectivity index (χ1n) is 6.38. The molecule has 5 heteroatoms. The van der Waals surface area contributed by atoms with E-state index in [4.69, 9.17) is 17.3 Å². The molecule has 2 rings (SSSR count). The van der Waals surface area contributed by atoms with Gasteiger partial charge in [-0.15, -0.1) is 11.6 Å². The molecule has 0 heterocycles. The Morgan fingerprint density at radius 3 is 1.62 bits per heavy atom. The van der Waals surface area contributed by atoms with Crippen LogP contribution in [0.3, 0.4) is 0 Å². The summed E-state index contributed by atoms with van der Waals surface area (Å²) in [7, 11) is 0. The highest BCUT2D eigenvalue weighted by atomic mass is 35.5. The molecule has 21 heavy (non-hydrogen) atoms. The Balaban J connectivity index is 2.65. The number of benzene rings is 2. The number of primary amides is 1. The summed E-state index contributed by atoms with van der Waals surface area (Å²) in [6, 6.07) is 11.0. The number of nitrogens with two attached hydrogens (primary N) is 1. The van der Waals surface area contributed by atoms with Gasteiger partial charge in [0, 0.05) is 5.88 Å².